The fraction of sp³-hybridized carbons (Fsp3) is 0.500. The van der Waals surface area contributed by atoms with Gasteiger partial charge in [0.05, 0.1) is 18.5 Å². The van der Waals surface area contributed by atoms with Gasteiger partial charge in [0.1, 0.15) is 0 Å². The van der Waals surface area contributed by atoms with E-state index in [1.165, 1.54) is 25.4 Å². The molecule has 0 nitrogen and oxygen atoms in total. The average Bonchev–Trinajstić information content (AvgIpc) is 2.21. The summed E-state index contributed by atoms with van der Waals surface area (Å²) in [5, 5.41) is 0. The molecule has 1 aromatic carbocycles. The highest BCUT2D eigenvalue weighted by atomic mass is 31.1. The lowest BCUT2D eigenvalue weighted by Gasteiger charge is -2.15. The van der Waals surface area contributed by atoms with Crippen molar-refractivity contribution in [2.24, 2.45) is 0 Å². The summed E-state index contributed by atoms with van der Waals surface area (Å²) < 4.78 is 0. The molecule has 0 unspecified atom stereocenters. The van der Waals surface area contributed by atoms with Crippen molar-refractivity contribution >= 4 is 7.92 Å². The fourth-order valence-corrected chi connectivity index (χ4v) is 5.03. The summed E-state index contributed by atoms with van der Waals surface area (Å²) in [5.74, 6) is 0. The van der Waals surface area contributed by atoms with Gasteiger partial charge in [-0.25, -0.2) is 0 Å². The molecule has 2 rings (SSSR count). The highest BCUT2D eigenvalue weighted by molar-refractivity contribution is 7.56. The Morgan fingerprint density at radius 2 is 1.62 bits per heavy atom. The minimum atomic E-state index is -0.000406. The van der Waals surface area contributed by atoms with Crippen LogP contribution in [-0.2, 0) is 6.16 Å². The molecular formula is C12H18P+. The number of benzene rings is 1. The van der Waals surface area contributed by atoms with Crippen molar-refractivity contribution in [2.45, 2.75) is 25.4 Å². The van der Waals surface area contributed by atoms with Gasteiger partial charge in [0.15, 0.2) is 0 Å². The molecule has 1 saturated heterocycles. The van der Waals surface area contributed by atoms with E-state index >= 15 is 0 Å². The Labute approximate surface area is 82.1 Å². The first-order valence-electron chi connectivity index (χ1n) is 5.32. The minimum absolute atomic E-state index is 0.000406. The van der Waals surface area contributed by atoms with Crippen LogP contribution in [0.25, 0.3) is 0 Å². The highest BCUT2D eigenvalue weighted by Crippen LogP contribution is 2.44. The molecule has 1 heteroatoms. The summed E-state index contributed by atoms with van der Waals surface area (Å²) in [6.45, 7) is 0. The van der Waals surface area contributed by atoms with Crippen LogP contribution >= 0.6 is 7.92 Å². The SMILES string of the molecule is c1ccc(C[PH+]2CCCCC2)cc1. The average molecular weight is 193 g/mol. The van der Waals surface area contributed by atoms with Crippen molar-refractivity contribution in [3.63, 3.8) is 0 Å². The van der Waals surface area contributed by atoms with Crippen LogP contribution in [0.2, 0.25) is 0 Å². The molecule has 0 aromatic heterocycles. The van der Waals surface area contributed by atoms with Crippen molar-refractivity contribution in [3.8, 4) is 0 Å². The Morgan fingerprint density at radius 3 is 2.31 bits per heavy atom. The van der Waals surface area contributed by atoms with E-state index in [9.17, 15) is 0 Å². The molecule has 70 valence electrons. The maximum absolute atomic E-state index is 2.28. The molecule has 0 bridgehead atoms. The van der Waals surface area contributed by atoms with E-state index in [2.05, 4.69) is 30.3 Å². The third-order valence-electron chi connectivity index (χ3n) is 2.86. The van der Waals surface area contributed by atoms with Crippen LogP contribution in [0.5, 0.6) is 0 Å². The second-order valence-corrected chi connectivity index (χ2v) is 6.83. The lowest BCUT2D eigenvalue weighted by Crippen LogP contribution is -2.00. The molecule has 1 heterocycles. The second kappa shape index (κ2) is 4.77. The summed E-state index contributed by atoms with van der Waals surface area (Å²) in [6.07, 6.45) is 9.01. The maximum Gasteiger partial charge on any atom is 0.0820 e. The van der Waals surface area contributed by atoms with Gasteiger partial charge >= 0.3 is 0 Å². The zero-order valence-corrected chi connectivity index (χ0v) is 9.13. The first kappa shape index (κ1) is 9.21. The van der Waals surface area contributed by atoms with Gasteiger partial charge in [-0.3, -0.25) is 0 Å². The standard InChI is InChI=1S/C12H17P/c1-3-7-12(8-4-1)11-13-9-5-2-6-10-13/h1,3-4,7-8H,2,5-6,9-11H2/p+1. The predicted molar refractivity (Wildman–Crippen MR) is 62.0 cm³/mol. The lowest BCUT2D eigenvalue weighted by atomic mass is 10.2. The van der Waals surface area contributed by atoms with Gasteiger partial charge in [0, 0.05) is 7.92 Å². The van der Waals surface area contributed by atoms with Crippen LogP contribution in [0.4, 0.5) is 0 Å². The molecule has 0 radical (unpaired) electrons. The van der Waals surface area contributed by atoms with Crippen LogP contribution in [0, 0.1) is 0 Å². The highest BCUT2D eigenvalue weighted by Gasteiger charge is 2.19. The maximum atomic E-state index is 2.28. The van der Waals surface area contributed by atoms with Crippen LogP contribution in [0.3, 0.4) is 0 Å². The van der Waals surface area contributed by atoms with Gasteiger partial charge in [0.25, 0.3) is 0 Å². The van der Waals surface area contributed by atoms with Crippen LogP contribution in [0.15, 0.2) is 30.3 Å². The van der Waals surface area contributed by atoms with Crippen molar-refractivity contribution in [2.75, 3.05) is 12.3 Å². The van der Waals surface area contributed by atoms with Gasteiger partial charge < -0.3 is 0 Å². The largest absolute Gasteiger partial charge is 0.0820 e. The molecule has 1 aliphatic heterocycles. The monoisotopic (exact) mass is 193 g/mol. The summed E-state index contributed by atoms with van der Waals surface area (Å²) in [5.41, 5.74) is 1.57. The second-order valence-electron chi connectivity index (χ2n) is 3.97. The van der Waals surface area contributed by atoms with Crippen molar-refractivity contribution < 1.29 is 0 Å². The van der Waals surface area contributed by atoms with E-state index in [-0.39, 0.29) is 7.92 Å². The first-order chi connectivity index (χ1) is 6.45. The van der Waals surface area contributed by atoms with Gasteiger partial charge in [-0.05, 0) is 24.8 Å². The molecule has 13 heavy (non-hydrogen) atoms. The van der Waals surface area contributed by atoms with Gasteiger partial charge in [-0.15, -0.1) is 0 Å². The summed E-state index contributed by atoms with van der Waals surface area (Å²) in [4.78, 5) is 0. The number of hydrogen-bond donors (Lipinski definition) is 0. The van der Waals surface area contributed by atoms with Crippen LogP contribution < -0.4 is 0 Å². The van der Waals surface area contributed by atoms with Gasteiger partial charge in [0.2, 0.25) is 0 Å². The number of rotatable bonds is 2. The summed E-state index contributed by atoms with van der Waals surface area (Å²) in [6, 6.07) is 11.0. The van der Waals surface area contributed by atoms with Crippen LogP contribution in [0.1, 0.15) is 24.8 Å². The Morgan fingerprint density at radius 1 is 0.923 bits per heavy atom. The zero-order chi connectivity index (χ0) is 8.93. The smallest absolute Gasteiger partial charge is 0.0622 e. The van der Waals surface area contributed by atoms with Gasteiger partial charge in [-0.1, -0.05) is 30.3 Å². The Hall–Kier alpha value is -0.350. The molecule has 0 aliphatic carbocycles. The molecule has 1 aromatic rings. The Balaban J connectivity index is 1.90. The van der Waals surface area contributed by atoms with E-state index in [0.29, 0.717) is 0 Å². The molecule has 0 N–H and O–H groups in total. The normalized spacial score (nSPS) is 18.8. The van der Waals surface area contributed by atoms with Crippen LogP contribution in [-0.4, -0.2) is 12.3 Å². The topological polar surface area (TPSA) is 0 Å². The Bertz CT molecular complexity index is 237. The van der Waals surface area contributed by atoms with E-state index in [0.717, 1.165) is 0 Å². The third-order valence-corrected chi connectivity index (χ3v) is 5.89. The van der Waals surface area contributed by atoms with E-state index < -0.39 is 0 Å². The molecule has 1 aliphatic rings. The van der Waals surface area contributed by atoms with E-state index in [1.54, 1.807) is 17.9 Å². The fourth-order valence-electron chi connectivity index (χ4n) is 2.11. The summed E-state index contributed by atoms with van der Waals surface area (Å²) in [7, 11) is -0.000406. The summed E-state index contributed by atoms with van der Waals surface area (Å²) >= 11 is 0. The first-order valence-corrected chi connectivity index (χ1v) is 7.45. The van der Waals surface area contributed by atoms with E-state index in [4.69, 9.17) is 0 Å². The van der Waals surface area contributed by atoms with Crippen molar-refractivity contribution in [1.29, 1.82) is 0 Å². The van der Waals surface area contributed by atoms with Gasteiger partial charge in [-0.2, -0.15) is 0 Å². The number of hydrogen-bond acceptors (Lipinski definition) is 0. The Kier molecular flexibility index (Phi) is 3.38. The van der Waals surface area contributed by atoms with Crippen molar-refractivity contribution in [1.82, 2.24) is 0 Å². The molecular weight excluding hydrogens is 175 g/mol. The molecule has 0 atom stereocenters. The lowest BCUT2D eigenvalue weighted by molar-refractivity contribution is 0.751. The minimum Gasteiger partial charge on any atom is -0.0622 e. The molecule has 0 spiro atoms. The van der Waals surface area contributed by atoms with Crippen molar-refractivity contribution in [3.05, 3.63) is 35.9 Å². The molecule has 0 amide bonds. The third kappa shape index (κ3) is 2.81. The molecule has 0 saturated carbocycles. The quantitative estimate of drug-likeness (QED) is 0.630. The molecule has 1 fully saturated rings. The predicted octanol–water partition coefficient (Wildman–Crippen LogP) is 3.58. The van der Waals surface area contributed by atoms with E-state index in [1.807, 2.05) is 0 Å². The zero-order valence-electron chi connectivity index (χ0n) is 8.13.